The summed E-state index contributed by atoms with van der Waals surface area (Å²) in [4.78, 5) is 38.8. The fraction of sp³-hybridized carbons (Fsp3) is 0.367. The van der Waals surface area contributed by atoms with Gasteiger partial charge in [-0.2, -0.15) is 10.1 Å². The molecule has 11 heteroatoms. The van der Waals surface area contributed by atoms with Crippen LogP contribution in [0.3, 0.4) is 0 Å². The number of benzene rings is 2. The largest absolute Gasteiger partial charge is 0.497 e. The van der Waals surface area contributed by atoms with E-state index in [0.717, 1.165) is 28.3 Å². The van der Waals surface area contributed by atoms with Crippen LogP contribution in [0.15, 0.2) is 54.9 Å². The fourth-order valence-electron chi connectivity index (χ4n) is 5.11. The molecule has 214 valence electrons. The average Bonchev–Trinajstić information content (AvgIpc) is 3.38. The van der Waals surface area contributed by atoms with Gasteiger partial charge in [-0.15, -0.1) is 0 Å². The summed E-state index contributed by atoms with van der Waals surface area (Å²) in [5.41, 5.74) is 3.94. The maximum atomic E-state index is 14.3. The molecule has 2 aromatic heterocycles. The Labute approximate surface area is 237 Å². The predicted octanol–water partition coefficient (Wildman–Crippen LogP) is 3.28. The highest BCUT2D eigenvalue weighted by atomic mass is 19.1. The quantitative estimate of drug-likeness (QED) is 0.310. The minimum absolute atomic E-state index is 0.0336. The normalized spacial score (nSPS) is 15.8. The minimum Gasteiger partial charge on any atom is -0.497 e. The second-order valence-corrected chi connectivity index (χ2v) is 10.2. The number of carbonyl (C=O) groups excluding carboxylic acids is 2. The molecule has 10 nitrogen and oxygen atoms in total. The van der Waals surface area contributed by atoms with Crippen LogP contribution in [0.25, 0.3) is 5.78 Å². The molecule has 41 heavy (non-hydrogen) atoms. The number of aromatic nitrogens is 4. The van der Waals surface area contributed by atoms with Crippen molar-refractivity contribution >= 4 is 17.6 Å². The van der Waals surface area contributed by atoms with E-state index >= 15 is 0 Å². The third-order valence-corrected chi connectivity index (χ3v) is 7.42. The van der Waals surface area contributed by atoms with Crippen molar-refractivity contribution in [3.8, 4) is 5.75 Å². The van der Waals surface area contributed by atoms with Gasteiger partial charge >= 0.3 is 0 Å². The molecule has 0 aliphatic carbocycles. The zero-order valence-electron chi connectivity index (χ0n) is 23.4. The second-order valence-electron chi connectivity index (χ2n) is 10.2. The molecule has 0 radical (unpaired) electrons. The van der Waals surface area contributed by atoms with Crippen LogP contribution in [0.2, 0.25) is 0 Å². The van der Waals surface area contributed by atoms with E-state index in [0.29, 0.717) is 24.3 Å². The van der Waals surface area contributed by atoms with Crippen LogP contribution in [-0.2, 0) is 33.9 Å². The summed E-state index contributed by atoms with van der Waals surface area (Å²) < 4.78 is 27.3. The van der Waals surface area contributed by atoms with Crippen LogP contribution >= 0.6 is 0 Å². The summed E-state index contributed by atoms with van der Waals surface area (Å²) in [5.74, 6) is 0.539. The van der Waals surface area contributed by atoms with Crippen molar-refractivity contribution < 1.29 is 23.5 Å². The first-order valence-corrected chi connectivity index (χ1v) is 13.5. The lowest BCUT2D eigenvalue weighted by Crippen LogP contribution is -2.39. The highest BCUT2D eigenvalue weighted by Gasteiger charge is 2.31. The first kappa shape index (κ1) is 28.2. The lowest BCUT2D eigenvalue weighted by Gasteiger charge is -2.25. The molecule has 2 amide bonds. The van der Waals surface area contributed by atoms with Gasteiger partial charge in [0.15, 0.2) is 0 Å². The summed E-state index contributed by atoms with van der Waals surface area (Å²) in [6, 6.07) is 13.9. The number of hydrogen-bond donors (Lipinski definition) is 0. The van der Waals surface area contributed by atoms with E-state index in [1.165, 1.54) is 12.4 Å². The Balaban J connectivity index is 1.32. The summed E-state index contributed by atoms with van der Waals surface area (Å²) in [6.45, 7) is 4.63. The maximum Gasteiger partial charge on any atom is 0.252 e. The Morgan fingerprint density at radius 3 is 2.63 bits per heavy atom. The number of fused-ring (bicyclic) bond motifs is 1. The third-order valence-electron chi connectivity index (χ3n) is 7.42. The molecule has 1 saturated heterocycles. The van der Waals surface area contributed by atoms with Crippen LogP contribution in [0, 0.1) is 19.7 Å². The van der Waals surface area contributed by atoms with Crippen LogP contribution in [0.5, 0.6) is 5.75 Å². The number of carbonyl (C=O) groups is 2. The van der Waals surface area contributed by atoms with E-state index in [4.69, 9.17) is 9.47 Å². The number of rotatable bonds is 9. The minimum atomic E-state index is -0.500. The van der Waals surface area contributed by atoms with Gasteiger partial charge in [0.25, 0.3) is 5.78 Å². The fourth-order valence-corrected chi connectivity index (χ4v) is 5.11. The summed E-state index contributed by atoms with van der Waals surface area (Å²) in [5, 5.41) is 4.22. The first-order chi connectivity index (χ1) is 19.8. The molecule has 1 aliphatic rings. The molecule has 5 rings (SSSR count). The van der Waals surface area contributed by atoms with Crippen molar-refractivity contribution in [2.24, 2.45) is 0 Å². The summed E-state index contributed by atoms with van der Waals surface area (Å²) in [6.07, 6.45) is 1.58. The molecule has 0 bridgehead atoms. The molecular weight excluding hydrogens is 527 g/mol. The Morgan fingerprint density at radius 2 is 1.88 bits per heavy atom. The number of methoxy groups -OCH3 is 1. The van der Waals surface area contributed by atoms with Crippen molar-refractivity contribution in [1.82, 2.24) is 29.4 Å². The van der Waals surface area contributed by atoms with E-state index in [9.17, 15) is 14.0 Å². The highest BCUT2D eigenvalue weighted by Crippen LogP contribution is 2.20. The van der Waals surface area contributed by atoms with Crippen molar-refractivity contribution in [2.75, 3.05) is 26.7 Å². The molecule has 1 fully saturated rings. The third kappa shape index (κ3) is 6.51. The van der Waals surface area contributed by atoms with Gasteiger partial charge < -0.3 is 19.3 Å². The molecule has 1 atom stereocenters. The topological polar surface area (TPSA) is 102 Å². The molecule has 4 aromatic rings. The van der Waals surface area contributed by atoms with E-state index in [1.807, 2.05) is 38.1 Å². The molecule has 0 unspecified atom stereocenters. The number of ether oxygens (including phenoxy) is 2. The molecule has 0 spiro atoms. The van der Waals surface area contributed by atoms with Gasteiger partial charge in [0.1, 0.15) is 17.9 Å². The van der Waals surface area contributed by atoms with Crippen molar-refractivity contribution in [2.45, 2.75) is 45.9 Å². The van der Waals surface area contributed by atoms with Gasteiger partial charge in [0.2, 0.25) is 11.8 Å². The SMILES string of the molecule is COc1ccc(CN2C[C@@H](OCc3ccccc3F)CN(C(=O)CCc3c(C)nc4ncnn4c3C)CC2=O)cc1. The number of amides is 2. The molecule has 2 aromatic carbocycles. The second kappa shape index (κ2) is 12.4. The average molecular weight is 561 g/mol. The lowest BCUT2D eigenvalue weighted by molar-refractivity contribution is -0.139. The van der Waals surface area contributed by atoms with Crippen molar-refractivity contribution in [3.63, 3.8) is 0 Å². The smallest absolute Gasteiger partial charge is 0.252 e. The van der Waals surface area contributed by atoms with Crippen molar-refractivity contribution in [3.05, 3.63) is 88.8 Å². The Morgan fingerprint density at radius 1 is 1.10 bits per heavy atom. The Bertz CT molecular complexity index is 1540. The highest BCUT2D eigenvalue weighted by molar-refractivity contribution is 5.85. The van der Waals surface area contributed by atoms with E-state index in [2.05, 4.69) is 15.1 Å². The number of hydrogen-bond acceptors (Lipinski definition) is 7. The van der Waals surface area contributed by atoms with Crippen molar-refractivity contribution in [1.29, 1.82) is 0 Å². The lowest BCUT2D eigenvalue weighted by atomic mass is 10.1. The maximum absolute atomic E-state index is 14.3. The molecular formula is C30H33FN6O4. The Hall–Kier alpha value is -4.38. The standard InChI is InChI=1S/C30H33FN6O4/c1-20-26(21(2)37-30(34-20)32-19-33-37)12-13-28(38)36-16-25(41-18-23-6-4-5-7-27(23)31)15-35(29(39)17-36)14-22-8-10-24(40-3)11-9-22/h4-11,19,25H,12-18H2,1-3H3/t25-/m1/s1. The monoisotopic (exact) mass is 560 g/mol. The molecule has 0 saturated carbocycles. The number of aryl methyl sites for hydroxylation is 2. The van der Waals surface area contributed by atoms with Gasteiger partial charge in [-0.05, 0) is 49.6 Å². The summed E-state index contributed by atoms with van der Waals surface area (Å²) >= 11 is 0. The van der Waals surface area contributed by atoms with Crippen LogP contribution in [0.4, 0.5) is 4.39 Å². The molecule has 0 N–H and O–H groups in total. The van der Waals surface area contributed by atoms with E-state index in [1.54, 1.807) is 39.6 Å². The molecule has 3 heterocycles. The van der Waals surface area contributed by atoms with Gasteiger partial charge in [-0.25, -0.2) is 13.9 Å². The number of nitrogens with zero attached hydrogens (tertiary/aromatic N) is 6. The van der Waals surface area contributed by atoms with Crippen LogP contribution in [-0.4, -0.2) is 74.0 Å². The zero-order valence-corrected chi connectivity index (χ0v) is 23.4. The Kier molecular flexibility index (Phi) is 8.53. The van der Waals surface area contributed by atoms with E-state index in [-0.39, 0.29) is 50.3 Å². The van der Waals surface area contributed by atoms with Crippen LogP contribution < -0.4 is 4.74 Å². The zero-order chi connectivity index (χ0) is 28.9. The van der Waals surface area contributed by atoms with Gasteiger partial charge in [0, 0.05) is 43.0 Å². The predicted molar refractivity (Wildman–Crippen MR) is 149 cm³/mol. The first-order valence-electron chi connectivity index (χ1n) is 13.5. The molecule has 1 aliphatic heterocycles. The number of halogens is 1. The van der Waals surface area contributed by atoms with Gasteiger partial charge in [-0.3, -0.25) is 9.59 Å². The summed E-state index contributed by atoms with van der Waals surface area (Å²) in [7, 11) is 1.60. The van der Waals surface area contributed by atoms with Gasteiger partial charge in [0.05, 0.1) is 26.4 Å². The van der Waals surface area contributed by atoms with E-state index < -0.39 is 6.10 Å². The van der Waals surface area contributed by atoms with Crippen LogP contribution in [0.1, 0.15) is 34.5 Å². The van der Waals surface area contributed by atoms with Gasteiger partial charge in [-0.1, -0.05) is 30.3 Å².